The summed E-state index contributed by atoms with van der Waals surface area (Å²) < 4.78 is 16.9. The highest BCUT2D eigenvalue weighted by Gasteiger charge is 2.48. The van der Waals surface area contributed by atoms with Crippen molar-refractivity contribution in [2.75, 3.05) is 0 Å². The summed E-state index contributed by atoms with van der Waals surface area (Å²) >= 11 is 0. The van der Waals surface area contributed by atoms with E-state index < -0.39 is 65.9 Å². The fourth-order valence-corrected chi connectivity index (χ4v) is 3.77. The third kappa shape index (κ3) is 3.70. The van der Waals surface area contributed by atoms with Gasteiger partial charge in [-0.25, -0.2) is 0 Å². The minimum absolute atomic E-state index is 0.154. The Labute approximate surface area is 181 Å². The number of phenols is 4. The third-order valence-electron chi connectivity index (χ3n) is 5.52. The number of aromatic hydroxyl groups is 4. The molecule has 2 aromatic rings. The predicted molar refractivity (Wildman–Crippen MR) is 104 cm³/mol. The Morgan fingerprint density at radius 2 is 1.59 bits per heavy atom. The average Bonchev–Trinajstić information content (AvgIpc) is 2.73. The highest BCUT2D eigenvalue weighted by Crippen LogP contribution is 2.44. The van der Waals surface area contributed by atoms with E-state index in [1.807, 2.05) is 0 Å². The fraction of sp³-hybridized carbons (Fsp3) is 0.381. The Morgan fingerprint density at radius 3 is 2.28 bits per heavy atom. The Hall–Kier alpha value is -3.09. The number of Topliss-reactive ketones (excluding diaryl/α,β-unsaturated/α-hetero) is 1. The van der Waals surface area contributed by atoms with E-state index in [1.54, 1.807) is 0 Å². The number of phenolic OH excluding ortho intramolecular Hbond substituents is 4. The zero-order valence-electron chi connectivity index (χ0n) is 16.7. The van der Waals surface area contributed by atoms with Gasteiger partial charge in [0.05, 0.1) is 6.10 Å². The molecule has 0 aliphatic carbocycles. The first kappa shape index (κ1) is 22.1. The van der Waals surface area contributed by atoms with Gasteiger partial charge in [0.15, 0.2) is 30.0 Å². The standard InChI is InChI=1S/C21H22O11/c1-7-15(26)17(28)18(29)21(30-7)32-20-16(27)14-12(25)5-9(22)6-13(14)31-19(20)8-2-3-10(23)11(24)4-8/h2-7,15,17-26,28-29H,1H3/t7-,15+,17-,18-,19-,20-,21+/m1/s1. The molecule has 0 bridgehead atoms. The van der Waals surface area contributed by atoms with Crippen LogP contribution in [0.5, 0.6) is 28.7 Å². The molecule has 0 aromatic heterocycles. The molecule has 1 saturated heterocycles. The van der Waals surface area contributed by atoms with Crippen molar-refractivity contribution in [1.29, 1.82) is 0 Å². The van der Waals surface area contributed by atoms with E-state index in [4.69, 9.17) is 14.2 Å². The molecule has 1 fully saturated rings. The van der Waals surface area contributed by atoms with Crippen LogP contribution in [0.3, 0.4) is 0 Å². The van der Waals surface area contributed by atoms with Gasteiger partial charge < -0.3 is 50.0 Å². The van der Waals surface area contributed by atoms with Gasteiger partial charge in [-0.05, 0) is 24.6 Å². The maximum absolute atomic E-state index is 13.3. The first-order valence-electron chi connectivity index (χ1n) is 9.72. The second-order valence-corrected chi connectivity index (χ2v) is 7.73. The Bertz CT molecular complexity index is 1040. The molecule has 7 N–H and O–H groups in total. The molecule has 172 valence electrons. The molecule has 0 spiro atoms. The molecule has 7 atom stereocenters. The molecule has 4 rings (SSSR count). The molecule has 11 nitrogen and oxygen atoms in total. The largest absolute Gasteiger partial charge is 0.508 e. The molecule has 0 radical (unpaired) electrons. The molecule has 2 aromatic carbocycles. The molecule has 2 aliphatic rings. The number of rotatable bonds is 3. The third-order valence-corrected chi connectivity index (χ3v) is 5.52. The van der Waals surface area contributed by atoms with Gasteiger partial charge in [-0.3, -0.25) is 4.79 Å². The lowest BCUT2D eigenvalue weighted by atomic mass is 9.92. The lowest BCUT2D eigenvalue weighted by Gasteiger charge is -2.42. The monoisotopic (exact) mass is 450 g/mol. The number of carbonyl (C=O) groups excluding carboxylic acids is 1. The van der Waals surface area contributed by atoms with Gasteiger partial charge in [0.1, 0.15) is 41.1 Å². The summed E-state index contributed by atoms with van der Waals surface area (Å²) in [5.74, 6) is -2.79. The van der Waals surface area contributed by atoms with Crippen LogP contribution in [0.2, 0.25) is 0 Å². The summed E-state index contributed by atoms with van der Waals surface area (Å²) in [6.45, 7) is 1.44. The minimum Gasteiger partial charge on any atom is -0.508 e. The first-order chi connectivity index (χ1) is 15.1. The van der Waals surface area contributed by atoms with Gasteiger partial charge in [0, 0.05) is 12.1 Å². The van der Waals surface area contributed by atoms with Crippen LogP contribution in [0, 0.1) is 0 Å². The van der Waals surface area contributed by atoms with Gasteiger partial charge >= 0.3 is 0 Å². The van der Waals surface area contributed by atoms with E-state index in [0.29, 0.717) is 0 Å². The van der Waals surface area contributed by atoms with Crippen molar-refractivity contribution in [3.63, 3.8) is 0 Å². The van der Waals surface area contributed by atoms with Crippen LogP contribution < -0.4 is 4.74 Å². The van der Waals surface area contributed by atoms with E-state index in [0.717, 1.165) is 18.2 Å². The number of fused-ring (bicyclic) bond motifs is 1. The van der Waals surface area contributed by atoms with Gasteiger partial charge in [0.25, 0.3) is 0 Å². The van der Waals surface area contributed by atoms with Crippen LogP contribution in [0.25, 0.3) is 0 Å². The summed E-state index contributed by atoms with van der Waals surface area (Å²) in [5.41, 5.74) is -0.1000. The molecule has 2 aliphatic heterocycles. The van der Waals surface area contributed by atoms with Crippen molar-refractivity contribution in [3.05, 3.63) is 41.5 Å². The topological polar surface area (TPSA) is 186 Å². The summed E-state index contributed by atoms with van der Waals surface area (Å²) in [6, 6.07) is 5.72. The maximum atomic E-state index is 13.3. The average molecular weight is 450 g/mol. The number of carbonyl (C=O) groups is 1. The molecule has 32 heavy (non-hydrogen) atoms. The van der Waals surface area contributed by atoms with Crippen LogP contribution in [0.1, 0.15) is 28.9 Å². The van der Waals surface area contributed by atoms with Crippen molar-refractivity contribution in [1.82, 2.24) is 0 Å². The Kier molecular flexibility index (Phi) is 5.61. The van der Waals surface area contributed by atoms with Crippen molar-refractivity contribution in [2.24, 2.45) is 0 Å². The summed E-state index contributed by atoms with van der Waals surface area (Å²) in [4.78, 5) is 13.3. The maximum Gasteiger partial charge on any atom is 0.203 e. The zero-order chi connectivity index (χ0) is 23.3. The molecular weight excluding hydrogens is 428 g/mol. The molecule has 0 amide bonds. The second-order valence-electron chi connectivity index (χ2n) is 7.73. The van der Waals surface area contributed by atoms with Crippen LogP contribution >= 0.6 is 0 Å². The van der Waals surface area contributed by atoms with Crippen LogP contribution in [0.15, 0.2) is 30.3 Å². The van der Waals surface area contributed by atoms with Crippen molar-refractivity contribution in [3.8, 4) is 28.7 Å². The predicted octanol–water partition coefficient (Wildman–Crippen LogP) is 0.0381. The lowest BCUT2D eigenvalue weighted by molar-refractivity contribution is -0.304. The highest BCUT2D eigenvalue weighted by atomic mass is 16.7. The lowest BCUT2D eigenvalue weighted by Crippen LogP contribution is -2.59. The van der Waals surface area contributed by atoms with E-state index >= 15 is 0 Å². The summed E-state index contributed by atoms with van der Waals surface area (Å²) in [7, 11) is 0. The molecular formula is C21H22O11. The highest BCUT2D eigenvalue weighted by molar-refractivity contribution is 6.05. The van der Waals surface area contributed by atoms with E-state index in [9.17, 15) is 40.5 Å². The van der Waals surface area contributed by atoms with Crippen molar-refractivity contribution < 1.29 is 54.8 Å². The van der Waals surface area contributed by atoms with Crippen molar-refractivity contribution in [2.45, 2.75) is 49.8 Å². The minimum atomic E-state index is -1.71. The fourth-order valence-electron chi connectivity index (χ4n) is 3.77. The van der Waals surface area contributed by atoms with E-state index in [2.05, 4.69) is 0 Å². The zero-order valence-corrected chi connectivity index (χ0v) is 16.7. The number of benzene rings is 2. The van der Waals surface area contributed by atoms with E-state index in [-0.39, 0.29) is 22.6 Å². The molecule has 11 heteroatoms. The summed E-state index contributed by atoms with van der Waals surface area (Å²) in [6.07, 6.45) is -10.0. The number of ketones is 1. The Morgan fingerprint density at radius 1 is 0.875 bits per heavy atom. The molecule has 2 heterocycles. The number of ether oxygens (including phenoxy) is 3. The van der Waals surface area contributed by atoms with Crippen LogP contribution in [-0.4, -0.2) is 78.3 Å². The number of hydrogen-bond acceptors (Lipinski definition) is 11. The normalized spacial score (nSPS) is 32.2. The van der Waals surface area contributed by atoms with Crippen LogP contribution in [-0.2, 0) is 9.47 Å². The molecule has 0 saturated carbocycles. The SMILES string of the molecule is C[C@H]1O[C@@H](O[C@@H]2C(=O)c3c(O)cc(O)cc3O[C@@H]2c2ccc(O)c(O)c2)[C@H](O)[C@H](O)[C@H]1O. The smallest absolute Gasteiger partial charge is 0.203 e. The van der Waals surface area contributed by atoms with Gasteiger partial charge in [-0.15, -0.1) is 0 Å². The second kappa shape index (κ2) is 8.11. The van der Waals surface area contributed by atoms with Gasteiger partial charge in [-0.1, -0.05) is 6.07 Å². The first-order valence-corrected chi connectivity index (χ1v) is 9.72. The Balaban J connectivity index is 1.75. The quantitative estimate of drug-likeness (QED) is 0.313. The van der Waals surface area contributed by atoms with E-state index in [1.165, 1.54) is 19.1 Å². The summed E-state index contributed by atoms with van der Waals surface area (Å²) in [5, 5.41) is 69.7. The number of hydrogen-bond donors (Lipinski definition) is 7. The number of aliphatic hydroxyl groups is 3. The molecule has 0 unspecified atom stereocenters. The van der Waals surface area contributed by atoms with Crippen LogP contribution in [0.4, 0.5) is 0 Å². The van der Waals surface area contributed by atoms with Gasteiger partial charge in [-0.2, -0.15) is 0 Å². The van der Waals surface area contributed by atoms with Crippen molar-refractivity contribution >= 4 is 5.78 Å². The van der Waals surface area contributed by atoms with Gasteiger partial charge in [0.2, 0.25) is 5.78 Å². The number of aliphatic hydroxyl groups excluding tert-OH is 3.